The topological polar surface area (TPSA) is 80.9 Å². The first-order chi connectivity index (χ1) is 20.0. The molecule has 0 saturated heterocycles. The van der Waals surface area contributed by atoms with Gasteiger partial charge in [0.15, 0.2) is 0 Å². The second kappa shape index (κ2) is 12.7. The monoisotopic (exact) mass is 570 g/mol. The van der Waals surface area contributed by atoms with Crippen LogP contribution in [0.1, 0.15) is 51.8 Å². The van der Waals surface area contributed by atoms with Gasteiger partial charge in [-0.05, 0) is 59.5 Å². The lowest BCUT2D eigenvalue weighted by molar-refractivity contribution is -0.125. The normalized spacial score (nSPS) is 12.3. The third-order valence-electron chi connectivity index (χ3n) is 7.35. The van der Waals surface area contributed by atoms with E-state index >= 15 is 0 Å². The van der Waals surface area contributed by atoms with Crippen LogP contribution in [0.4, 0.5) is 5.69 Å². The van der Waals surface area contributed by atoms with Crippen LogP contribution < -0.4 is 19.1 Å². The summed E-state index contributed by atoms with van der Waals surface area (Å²) in [6.45, 7) is 10.5. The maximum absolute atomic E-state index is 13.5. The quantitative estimate of drug-likeness (QED) is 0.190. The summed E-state index contributed by atoms with van der Waals surface area (Å²) in [7, 11) is 4.90. The number of nitrogens with zero attached hydrogens (tertiary/aromatic N) is 1. The molecule has 1 atom stereocenters. The van der Waals surface area contributed by atoms with E-state index in [1.165, 1.54) is 0 Å². The summed E-state index contributed by atoms with van der Waals surface area (Å²) in [5.41, 5.74) is 4.71. The minimum Gasteiger partial charge on any atom is -0.496 e. The van der Waals surface area contributed by atoms with Gasteiger partial charge in [0.2, 0.25) is 5.91 Å². The molecule has 1 N–H and O–H groups in total. The first kappa shape index (κ1) is 30.7. The zero-order chi connectivity index (χ0) is 30.6. The smallest absolute Gasteiger partial charge is 0.232 e. The number of fused-ring (bicyclic) bond motifs is 1. The number of anilines is 1. The highest BCUT2D eigenvalue weighted by Gasteiger charge is 2.31. The van der Waals surface area contributed by atoms with E-state index in [1.807, 2.05) is 69.3 Å². The molecular weight excluding hydrogens is 528 g/mol. The number of amides is 1. The predicted molar refractivity (Wildman–Crippen MR) is 169 cm³/mol. The molecule has 3 aromatic carbocycles. The second-order valence-electron chi connectivity index (χ2n) is 12.1. The van der Waals surface area contributed by atoms with Crippen molar-refractivity contribution >= 4 is 28.8 Å². The second-order valence-corrected chi connectivity index (χ2v) is 12.1. The van der Waals surface area contributed by atoms with Gasteiger partial charge in [0.25, 0.3) is 0 Å². The van der Waals surface area contributed by atoms with Gasteiger partial charge in [-0.15, -0.1) is 0 Å². The lowest BCUT2D eigenvalue weighted by Gasteiger charge is -2.32. The van der Waals surface area contributed by atoms with Gasteiger partial charge in [-0.1, -0.05) is 52.8 Å². The van der Waals surface area contributed by atoms with Crippen molar-refractivity contribution in [1.29, 1.82) is 0 Å². The van der Waals surface area contributed by atoms with E-state index in [4.69, 9.17) is 14.2 Å². The highest BCUT2D eigenvalue weighted by molar-refractivity contribution is 5.98. The van der Waals surface area contributed by atoms with Crippen molar-refractivity contribution in [2.24, 2.45) is 11.3 Å². The molecule has 1 heterocycles. The summed E-state index contributed by atoms with van der Waals surface area (Å²) in [5, 5.41) is 1.02. The molecule has 0 aliphatic rings. The number of aromatic nitrogens is 1. The number of aromatic amines is 1. The number of rotatable bonds is 11. The Labute approximate surface area is 248 Å². The van der Waals surface area contributed by atoms with Gasteiger partial charge in [-0.3, -0.25) is 4.79 Å². The third-order valence-corrected chi connectivity index (χ3v) is 7.35. The molecule has 0 aliphatic carbocycles. The number of benzene rings is 3. The van der Waals surface area contributed by atoms with Crippen LogP contribution in [0.25, 0.3) is 22.0 Å². The summed E-state index contributed by atoms with van der Waals surface area (Å²) in [6, 6.07) is 19.7. The number of H-pyrrole nitrogens is 1. The number of nitrogens with one attached hydrogen (secondary N) is 1. The molecule has 222 valence electrons. The number of methoxy groups -OCH3 is 3. The van der Waals surface area contributed by atoms with Crippen LogP contribution in [0.2, 0.25) is 0 Å². The fourth-order valence-electron chi connectivity index (χ4n) is 5.28. The zero-order valence-electron chi connectivity index (χ0n) is 25.9. The fourth-order valence-corrected chi connectivity index (χ4v) is 5.28. The standard InChI is InChI=1S/C35H42N2O5/c1-22(2)20-37(34(39)35(3,4)5)29-19-23(13-15-30(29)40-6)26(21-38)18-27-17-25-16-24(12-14-28(25)36-27)33-31(41-7)10-9-11-32(33)42-8/h9-17,19,21-22,26,36H,18,20H2,1-8H3. The van der Waals surface area contributed by atoms with E-state index < -0.39 is 11.3 Å². The molecule has 0 spiro atoms. The molecule has 7 heteroatoms. The molecule has 7 nitrogen and oxygen atoms in total. The van der Waals surface area contributed by atoms with Gasteiger partial charge in [0, 0.05) is 40.9 Å². The van der Waals surface area contributed by atoms with Crippen molar-refractivity contribution in [1.82, 2.24) is 4.98 Å². The Balaban J connectivity index is 1.69. The molecular formula is C35H42N2O5. The van der Waals surface area contributed by atoms with E-state index in [2.05, 4.69) is 31.0 Å². The van der Waals surface area contributed by atoms with E-state index in [1.54, 1.807) is 26.2 Å². The van der Waals surface area contributed by atoms with E-state index in [-0.39, 0.29) is 11.8 Å². The number of aldehydes is 1. The first-order valence-corrected chi connectivity index (χ1v) is 14.3. The highest BCUT2D eigenvalue weighted by Crippen LogP contribution is 2.40. The summed E-state index contributed by atoms with van der Waals surface area (Å²) in [5.74, 6) is 1.91. The molecule has 1 unspecified atom stereocenters. The van der Waals surface area contributed by atoms with Crippen LogP contribution in [0.5, 0.6) is 17.2 Å². The molecule has 0 saturated carbocycles. The van der Waals surface area contributed by atoms with Gasteiger partial charge in [-0.2, -0.15) is 0 Å². The molecule has 0 bridgehead atoms. The van der Waals surface area contributed by atoms with Crippen LogP contribution in [0.15, 0.2) is 60.7 Å². The Bertz CT molecular complexity index is 1540. The average molecular weight is 571 g/mol. The molecule has 0 radical (unpaired) electrons. The fraction of sp³-hybridized carbons (Fsp3) is 0.371. The van der Waals surface area contributed by atoms with E-state index in [9.17, 15) is 9.59 Å². The van der Waals surface area contributed by atoms with Gasteiger partial charge in [0.1, 0.15) is 23.5 Å². The number of ether oxygens (including phenoxy) is 3. The van der Waals surface area contributed by atoms with Gasteiger partial charge in [0.05, 0.1) is 32.6 Å². The lowest BCUT2D eigenvalue weighted by atomic mass is 9.92. The SMILES string of the molecule is COc1ccc(C(C=O)Cc2cc3cc(-c4c(OC)cccc4OC)ccc3[nH]2)cc1N(CC(C)C)C(=O)C(C)(C)C. The minimum atomic E-state index is -0.572. The van der Waals surface area contributed by atoms with Crippen molar-refractivity contribution in [2.75, 3.05) is 32.8 Å². The van der Waals surface area contributed by atoms with Crippen molar-refractivity contribution in [3.05, 3.63) is 71.9 Å². The molecule has 1 amide bonds. The number of carbonyl (C=O) groups excluding carboxylic acids is 2. The molecule has 0 aliphatic heterocycles. The Morgan fingerprint density at radius 1 is 0.905 bits per heavy atom. The molecule has 42 heavy (non-hydrogen) atoms. The van der Waals surface area contributed by atoms with Gasteiger partial charge < -0.3 is 28.9 Å². The van der Waals surface area contributed by atoms with Crippen LogP contribution in [0, 0.1) is 11.3 Å². The first-order valence-electron chi connectivity index (χ1n) is 14.3. The van der Waals surface area contributed by atoms with Gasteiger partial charge in [-0.25, -0.2) is 0 Å². The van der Waals surface area contributed by atoms with E-state index in [0.29, 0.717) is 24.4 Å². The summed E-state index contributed by atoms with van der Waals surface area (Å²) < 4.78 is 16.9. The Kier molecular flexibility index (Phi) is 9.30. The molecule has 1 aromatic heterocycles. The van der Waals surface area contributed by atoms with Crippen LogP contribution >= 0.6 is 0 Å². The number of hydrogen-bond donors (Lipinski definition) is 1. The maximum Gasteiger partial charge on any atom is 0.232 e. The van der Waals surface area contributed by atoms with Crippen molar-refractivity contribution in [3.63, 3.8) is 0 Å². The molecule has 4 aromatic rings. The summed E-state index contributed by atoms with van der Waals surface area (Å²) >= 11 is 0. The lowest BCUT2D eigenvalue weighted by Crippen LogP contribution is -2.42. The minimum absolute atomic E-state index is 0.00685. The summed E-state index contributed by atoms with van der Waals surface area (Å²) in [6.07, 6.45) is 1.45. The van der Waals surface area contributed by atoms with Gasteiger partial charge >= 0.3 is 0 Å². The number of carbonyl (C=O) groups is 2. The Morgan fingerprint density at radius 2 is 1.57 bits per heavy atom. The highest BCUT2D eigenvalue weighted by atomic mass is 16.5. The zero-order valence-corrected chi connectivity index (χ0v) is 25.9. The van der Waals surface area contributed by atoms with Crippen LogP contribution in [-0.4, -0.2) is 45.1 Å². The van der Waals surface area contributed by atoms with Crippen molar-refractivity contribution in [3.8, 4) is 28.4 Å². The predicted octanol–water partition coefficient (Wildman–Crippen LogP) is 7.42. The Hall–Kier alpha value is -4.26. The van der Waals surface area contributed by atoms with Crippen LogP contribution in [0.3, 0.4) is 0 Å². The molecule has 0 fully saturated rings. The maximum atomic E-state index is 13.5. The molecule has 4 rings (SSSR count). The van der Waals surface area contributed by atoms with Crippen molar-refractivity contribution < 1.29 is 23.8 Å². The summed E-state index contributed by atoms with van der Waals surface area (Å²) in [4.78, 5) is 31.2. The largest absolute Gasteiger partial charge is 0.496 e. The van der Waals surface area contributed by atoms with E-state index in [0.717, 1.165) is 51.1 Å². The van der Waals surface area contributed by atoms with Crippen LogP contribution in [-0.2, 0) is 16.0 Å². The third kappa shape index (κ3) is 6.46. The number of hydrogen-bond acceptors (Lipinski definition) is 5. The van der Waals surface area contributed by atoms with Crippen molar-refractivity contribution in [2.45, 2.75) is 47.0 Å². The Morgan fingerprint density at radius 3 is 2.14 bits per heavy atom. The average Bonchev–Trinajstić information content (AvgIpc) is 3.38.